The molecule has 0 spiro atoms. The van der Waals surface area contributed by atoms with Crippen molar-refractivity contribution in [3.8, 4) is 11.1 Å². The fourth-order valence-electron chi connectivity index (χ4n) is 7.11. The molecule has 160 valence electrons. The Balaban J connectivity index is 0.000000140. The van der Waals surface area contributed by atoms with E-state index >= 15 is 0 Å². The highest BCUT2D eigenvalue weighted by molar-refractivity contribution is 5.61. The topological polar surface area (TPSA) is 63.8 Å². The zero-order valence-corrected chi connectivity index (χ0v) is 18.0. The summed E-state index contributed by atoms with van der Waals surface area (Å²) in [7, 11) is 0. The number of rotatable bonds is 1. The average Bonchev–Trinajstić information content (AvgIpc) is 3.20. The number of fused-ring (bicyclic) bond motifs is 5. The van der Waals surface area contributed by atoms with Crippen LogP contribution in [0.3, 0.4) is 0 Å². The maximum absolute atomic E-state index is 6.16. The molecule has 3 N–H and O–H groups in total. The first-order chi connectivity index (χ1) is 14.8. The summed E-state index contributed by atoms with van der Waals surface area (Å²) >= 11 is 0. The molecule has 0 radical (unpaired) electrons. The summed E-state index contributed by atoms with van der Waals surface area (Å²) in [5.74, 6) is 5.14. The Labute approximate surface area is 181 Å². The smallest absolute Gasteiger partial charge is 0.0548 e. The van der Waals surface area contributed by atoms with Crippen molar-refractivity contribution in [2.24, 2.45) is 35.3 Å². The first kappa shape index (κ1) is 20.1. The fraction of sp³-hybridized carbons (Fsp3) is 0.615. The number of hydrogen-bond donors (Lipinski definition) is 2. The quantitative estimate of drug-likeness (QED) is 0.700. The first-order valence-electron chi connectivity index (χ1n) is 12.1. The fourth-order valence-corrected chi connectivity index (χ4v) is 7.11. The summed E-state index contributed by atoms with van der Waals surface area (Å²) in [6.07, 6.45) is 20.6. The van der Waals surface area contributed by atoms with Gasteiger partial charge in [-0.05, 0) is 104 Å². The van der Waals surface area contributed by atoms with Gasteiger partial charge in [0.15, 0.2) is 0 Å². The summed E-state index contributed by atoms with van der Waals surface area (Å²) in [6, 6.07) is 8.70. The van der Waals surface area contributed by atoms with Gasteiger partial charge in [0, 0.05) is 30.8 Å². The number of piperidine rings is 1. The zero-order chi connectivity index (χ0) is 20.3. The highest BCUT2D eigenvalue weighted by Gasteiger charge is 2.51. The Hall–Kier alpha value is -1.78. The van der Waals surface area contributed by atoms with Crippen molar-refractivity contribution in [1.82, 2.24) is 15.3 Å². The lowest BCUT2D eigenvalue weighted by Gasteiger charge is -2.46. The molecule has 3 heterocycles. The van der Waals surface area contributed by atoms with Crippen LogP contribution >= 0.6 is 0 Å². The van der Waals surface area contributed by atoms with E-state index < -0.39 is 0 Å². The average molecular weight is 405 g/mol. The van der Waals surface area contributed by atoms with Crippen molar-refractivity contribution in [1.29, 1.82) is 0 Å². The number of aromatic nitrogens is 2. The molecule has 4 nitrogen and oxygen atoms in total. The summed E-state index contributed by atoms with van der Waals surface area (Å²) in [4.78, 5) is 7.91. The molecule has 4 aliphatic rings. The Bertz CT molecular complexity index is 758. The van der Waals surface area contributed by atoms with Crippen molar-refractivity contribution in [3.63, 3.8) is 0 Å². The number of nitrogens with zero attached hydrogens (tertiary/aromatic N) is 2. The minimum Gasteiger partial charge on any atom is -0.316 e. The van der Waals surface area contributed by atoms with E-state index in [0.29, 0.717) is 0 Å². The van der Waals surface area contributed by atoms with Gasteiger partial charge in [-0.25, -0.2) is 0 Å². The van der Waals surface area contributed by atoms with Crippen LogP contribution in [-0.2, 0) is 0 Å². The number of nitrogens with one attached hydrogen (secondary N) is 1. The largest absolute Gasteiger partial charge is 0.316 e. The molecule has 2 aromatic heterocycles. The van der Waals surface area contributed by atoms with Crippen LogP contribution in [0.15, 0.2) is 49.1 Å². The molecule has 4 fully saturated rings. The number of nitrogens with two attached hydrogens (primary N) is 1. The lowest BCUT2D eigenvalue weighted by molar-refractivity contribution is 0.0744. The molecule has 7 unspecified atom stereocenters. The van der Waals surface area contributed by atoms with E-state index in [9.17, 15) is 0 Å². The summed E-state index contributed by atoms with van der Waals surface area (Å²) < 4.78 is 0. The van der Waals surface area contributed by atoms with Crippen LogP contribution in [0.1, 0.15) is 57.8 Å². The van der Waals surface area contributed by atoms with Gasteiger partial charge >= 0.3 is 0 Å². The maximum atomic E-state index is 6.16. The van der Waals surface area contributed by atoms with E-state index in [1.807, 2.05) is 24.3 Å². The Morgan fingerprint density at radius 3 is 2.00 bits per heavy atom. The molecule has 0 amide bonds. The van der Waals surface area contributed by atoms with Crippen LogP contribution in [-0.4, -0.2) is 22.2 Å². The SMILES string of the molecule is NC1CCC2CCC3C4CCCCC4CC3C2N1.c1cc(-c2ccncc2)ccn1. The van der Waals surface area contributed by atoms with Gasteiger partial charge < -0.3 is 5.73 Å². The van der Waals surface area contributed by atoms with Crippen LogP contribution in [0.5, 0.6) is 0 Å². The lowest BCUT2D eigenvalue weighted by Crippen LogP contribution is -2.57. The van der Waals surface area contributed by atoms with E-state index in [1.54, 1.807) is 24.8 Å². The van der Waals surface area contributed by atoms with Crippen LogP contribution in [0, 0.1) is 29.6 Å². The molecule has 30 heavy (non-hydrogen) atoms. The third-order valence-corrected chi connectivity index (χ3v) is 8.43. The third-order valence-electron chi connectivity index (χ3n) is 8.43. The monoisotopic (exact) mass is 404 g/mol. The van der Waals surface area contributed by atoms with Crippen LogP contribution < -0.4 is 11.1 Å². The number of pyridine rings is 2. The van der Waals surface area contributed by atoms with Crippen LogP contribution in [0.2, 0.25) is 0 Å². The van der Waals surface area contributed by atoms with E-state index in [4.69, 9.17) is 5.73 Å². The minimum absolute atomic E-state index is 0.285. The van der Waals surface area contributed by atoms with Crippen molar-refractivity contribution >= 4 is 0 Å². The van der Waals surface area contributed by atoms with E-state index in [2.05, 4.69) is 15.3 Å². The van der Waals surface area contributed by atoms with E-state index in [0.717, 1.165) is 35.6 Å². The van der Waals surface area contributed by atoms with E-state index in [-0.39, 0.29) is 6.17 Å². The Morgan fingerprint density at radius 2 is 1.30 bits per heavy atom. The molecule has 0 bridgehead atoms. The first-order valence-corrected chi connectivity index (χ1v) is 12.1. The molecular formula is C26H36N4. The number of hydrogen-bond acceptors (Lipinski definition) is 4. The molecule has 7 atom stereocenters. The molecule has 6 rings (SSSR count). The van der Waals surface area contributed by atoms with Gasteiger partial charge in [0.2, 0.25) is 0 Å². The highest BCUT2D eigenvalue weighted by Crippen LogP contribution is 2.56. The minimum atomic E-state index is 0.285. The molecule has 3 aliphatic carbocycles. The van der Waals surface area contributed by atoms with E-state index in [1.165, 1.54) is 68.9 Å². The molecule has 3 saturated carbocycles. The van der Waals surface area contributed by atoms with Crippen molar-refractivity contribution in [2.75, 3.05) is 0 Å². The maximum Gasteiger partial charge on any atom is 0.0548 e. The summed E-state index contributed by atoms with van der Waals surface area (Å²) in [5, 5.41) is 3.78. The zero-order valence-electron chi connectivity index (χ0n) is 18.0. The molecule has 0 aromatic carbocycles. The predicted molar refractivity (Wildman–Crippen MR) is 121 cm³/mol. The van der Waals surface area contributed by atoms with Gasteiger partial charge in [0.25, 0.3) is 0 Å². The molecular weight excluding hydrogens is 368 g/mol. The van der Waals surface area contributed by atoms with Crippen molar-refractivity contribution in [2.45, 2.75) is 70.0 Å². The second-order valence-electron chi connectivity index (χ2n) is 9.96. The highest BCUT2D eigenvalue weighted by atomic mass is 15.1. The standard InChI is InChI=1S/C16H28N2.C10H8N2/c17-15-8-6-10-5-7-13-12-4-2-1-3-11(12)9-14(13)16(10)18-15;1-5-11-6-2-9(1)10-3-7-12-8-4-10/h10-16,18H,1-9,17H2;1-8H. The van der Waals surface area contributed by atoms with Crippen molar-refractivity contribution < 1.29 is 0 Å². The van der Waals surface area contributed by atoms with Crippen LogP contribution in [0.4, 0.5) is 0 Å². The molecule has 2 aromatic rings. The van der Waals surface area contributed by atoms with Gasteiger partial charge in [-0.15, -0.1) is 0 Å². The predicted octanol–water partition coefficient (Wildman–Crippen LogP) is 5.02. The normalized spacial score (nSPS) is 37.2. The van der Waals surface area contributed by atoms with Gasteiger partial charge in [0.1, 0.15) is 0 Å². The molecule has 1 saturated heterocycles. The molecule has 1 aliphatic heterocycles. The van der Waals surface area contributed by atoms with Gasteiger partial charge in [-0.3, -0.25) is 15.3 Å². The van der Waals surface area contributed by atoms with Crippen LogP contribution in [0.25, 0.3) is 11.1 Å². The van der Waals surface area contributed by atoms with Gasteiger partial charge in [-0.1, -0.05) is 19.3 Å². The Morgan fingerprint density at radius 1 is 0.667 bits per heavy atom. The van der Waals surface area contributed by atoms with Gasteiger partial charge in [0.05, 0.1) is 6.17 Å². The second-order valence-corrected chi connectivity index (χ2v) is 9.96. The third kappa shape index (κ3) is 4.17. The summed E-state index contributed by atoms with van der Waals surface area (Å²) in [5.41, 5.74) is 8.51. The molecule has 4 heteroatoms. The summed E-state index contributed by atoms with van der Waals surface area (Å²) in [6.45, 7) is 0. The Kier molecular flexibility index (Phi) is 6.14. The van der Waals surface area contributed by atoms with Crippen molar-refractivity contribution in [3.05, 3.63) is 49.1 Å². The van der Waals surface area contributed by atoms with Gasteiger partial charge in [-0.2, -0.15) is 0 Å². The lowest BCUT2D eigenvalue weighted by atomic mass is 9.66. The second kappa shape index (κ2) is 9.15.